The van der Waals surface area contributed by atoms with Gasteiger partial charge in [0.2, 0.25) is 11.8 Å². The van der Waals surface area contributed by atoms with E-state index in [0.717, 1.165) is 58.5 Å². The summed E-state index contributed by atoms with van der Waals surface area (Å²) in [6, 6.07) is 0.385. The maximum Gasteiger partial charge on any atom is 0.225 e. The number of nitrogens with one attached hydrogen (secondary N) is 1. The zero-order valence-electron chi connectivity index (χ0n) is 15.7. The van der Waals surface area contributed by atoms with Crippen LogP contribution in [0.3, 0.4) is 0 Å². The lowest BCUT2D eigenvalue weighted by atomic mass is 9.94. The van der Waals surface area contributed by atoms with E-state index in [2.05, 4.69) is 22.2 Å². The first kappa shape index (κ1) is 18.6. The van der Waals surface area contributed by atoms with Gasteiger partial charge in [-0.15, -0.1) is 0 Å². The van der Waals surface area contributed by atoms with E-state index in [4.69, 9.17) is 0 Å². The Hall–Kier alpha value is -1.14. The Morgan fingerprint density at radius 3 is 2.56 bits per heavy atom. The average Bonchev–Trinajstić information content (AvgIpc) is 3.03. The molecule has 2 amide bonds. The summed E-state index contributed by atoms with van der Waals surface area (Å²) in [7, 11) is 2.16. The molecule has 1 N–H and O–H groups in total. The third-order valence-corrected chi connectivity index (χ3v) is 6.09. The highest BCUT2D eigenvalue weighted by Crippen LogP contribution is 2.28. The number of carbonyl (C=O) groups is 2. The Bertz CT molecular complexity index is 456. The van der Waals surface area contributed by atoms with Gasteiger partial charge in [0, 0.05) is 51.7 Å². The molecule has 0 unspecified atom stereocenters. The Morgan fingerprint density at radius 2 is 1.84 bits per heavy atom. The van der Waals surface area contributed by atoms with Gasteiger partial charge in [-0.2, -0.15) is 0 Å². The quantitative estimate of drug-likeness (QED) is 0.724. The van der Waals surface area contributed by atoms with Crippen molar-refractivity contribution in [2.75, 3.05) is 52.9 Å². The Balaban J connectivity index is 1.33. The molecule has 2 aliphatic heterocycles. The van der Waals surface area contributed by atoms with Gasteiger partial charge in [-0.3, -0.25) is 9.59 Å². The predicted octanol–water partition coefficient (Wildman–Crippen LogP) is 0.921. The molecule has 0 bridgehead atoms. The van der Waals surface area contributed by atoms with Crippen molar-refractivity contribution in [3.05, 3.63) is 0 Å². The SMILES string of the molecule is CN1CCN(CCCNC(=O)[C@@H]2CC(=O)N(C3CCCCC3)C2)CC1. The third-order valence-electron chi connectivity index (χ3n) is 6.09. The molecule has 0 aromatic carbocycles. The van der Waals surface area contributed by atoms with E-state index in [0.29, 0.717) is 19.0 Å². The number of hydrogen-bond acceptors (Lipinski definition) is 4. The summed E-state index contributed by atoms with van der Waals surface area (Å²) in [4.78, 5) is 31.5. The molecular weight excluding hydrogens is 316 g/mol. The number of nitrogens with zero attached hydrogens (tertiary/aromatic N) is 3. The zero-order chi connectivity index (χ0) is 17.6. The van der Waals surface area contributed by atoms with Crippen LogP contribution < -0.4 is 5.32 Å². The summed E-state index contributed by atoms with van der Waals surface area (Å²) in [6.45, 7) is 6.91. The first-order valence-electron chi connectivity index (χ1n) is 10.1. The Morgan fingerprint density at radius 1 is 1.12 bits per heavy atom. The highest BCUT2D eigenvalue weighted by atomic mass is 16.2. The van der Waals surface area contributed by atoms with Gasteiger partial charge >= 0.3 is 0 Å². The molecule has 0 aromatic rings. The summed E-state index contributed by atoms with van der Waals surface area (Å²) in [5, 5.41) is 3.06. The average molecular weight is 351 g/mol. The minimum atomic E-state index is -0.141. The van der Waals surface area contributed by atoms with Crippen molar-refractivity contribution in [3.8, 4) is 0 Å². The normalized spacial score (nSPS) is 27.0. The van der Waals surface area contributed by atoms with Gasteiger partial charge in [0.05, 0.1) is 5.92 Å². The zero-order valence-corrected chi connectivity index (χ0v) is 15.7. The fraction of sp³-hybridized carbons (Fsp3) is 0.895. The molecule has 3 aliphatic rings. The fourth-order valence-corrected chi connectivity index (χ4v) is 4.38. The predicted molar refractivity (Wildman–Crippen MR) is 98.3 cm³/mol. The molecule has 0 aromatic heterocycles. The lowest BCUT2D eigenvalue weighted by Crippen LogP contribution is -2.45. The van der Waals surface area contributed by atoms with Crippen LogP contribution in [0.4, 0.5) is 0 Å². The van der Waals surface area contributed by atoms with Crippen LogP contribution in [0.2, 0.25) is 0 Å². The van der Waals surface area contributed by atoms with Crippen LogP contribution in [-0.2, 0) is 9.59 Å². The maximum absolute atomic E-state index is 12.4. The maximum atomic E-state index is 12.4. The number of carbonyl (C=O) groups excluding carboxylic acids is 2. The number of hydrogen-bond donors (Lipinski definition) is 1. The van der Waals surface area contributed by atoms with Crippen LogP contribution >= 0.6 is 0 Å². The van der Waals surface area contributed by atoms with Crippen LogP contribution in [-0.4, -0.2) is 85.4 Å². The van der Waals surface area contributed by atoms with E-state index in [1.165, 1.54) is 19.3 Å². The second kappa shape index (κ2) is 8.99. The Kier molecular flexibility index (Phi) is 6.70. The molecule has 1 aliphatic carbocycles. The molecule has 2 heterocycles. The van der Waals surface area contributed by atoms with Crippen LogP contribution in [0.25, 0.3) is 0 Å². The summed E-state index contributed by atoms with van der Waals surface area (Å²) in [5.74, 6) is 0.118. The summed E-state index contributed by atoms with van der Waals surface area (Å²) >= 11 is 0. The number of rotatable bonds is 6. The Labute approximate surface area is 151 Å². The van der Waals surface area contributed by atoms with Crippen molar-refractivity contribution in [1.29, 1.82) is 0 Å². The van der Waals surface area contributed by atoms with Gasteiger partial charge in [0.25, 0.3) is 0 Å². The van der Waals surface area contributed by atoms with Crippen molar-refractivity contribution in [2.24, 2.45) is 5.92 Å². The standard InChI is InChI=1S/C19H34N4O2/c1-21-10-12-22(13-11-21)9-5-8-20-19(25)16-14-18(24)23(15-16)17-6-3-2-4-7-17/h16-17H,2-15H2,1H3,(H,20,25)/t16-/m1/s1. The van der Waals surface area contributed by atoms with E-state index in [9.17, 15) is 9.59 Å². The van der Waals surface area contributed by atoms with E-state index >= 15 is 0 Å². The second-order valence-electron chi connectivity index (χ2n) is 8.03. The molecule has 6 nitrogen and oxygen atoms in total. The van der Waals surface area contributed by atoms with Crippen LogP contribution in [0.5, 0.6) is 0 Å². The number of likely N-dealkylation sites (N-methyl/N-ethyl adjacent to an activating group) is 1. The molecule has 0 spiro atoms. The molecule has 2 saturated heterocycles. The summed E-state index contributed by atoms with van der Waals surface area (Å²) < 4.78 is 0. The van der Waals surface area contributed by atoms with E-state index in [1.54, 1.807) is 0 Å². The number of amides is 2. The van der Waals surface area contributed by atoms with E-state index in [1.807, 2.05) is 4.90 Å². The van der Waals surface area contributed by atoms with Gasteiger partial charge in [0.15, 0.2) is 0 Å². The van der Waals surface area contributed by atoms with Crippen LogP contribution in [0.1, 0.15) is 44.9 Å². The van der Waals surface area contributed by atoms with Gasteiger partial charge < -0.3 is 20.0 Å². The largest absolute Gasteiger partial charge is 0.356 e. The first-order chi connectivity index (χ1) is 12.1. The summed E-state index contributed by atoms with van der Waals surface area (Å²) in [5.41, 5.74) is 0. The van der Waals surface area contributed by atoms with Gasteiger partial charge in [0.1, 0.15) is 0 Å². The lowest BCUT2D eigenvalue weighted by molar-refractivity contribution is -0.130. The van der Waals surface area contributed by atoms with Gasteiger partial charge in [-0.1, -0.05) is 19.3 Å². The minimum absolute atomic E-state index is 0.0741. The van der Waals surface area contributed by atoms with Crippen molar-refractivity contribution in [3.63, 3.8) is 0 Å². The van der Waals surface area contributed by atoms with Crippen LogP contribution in [0, 0.1) is 5.92 Å². The highest BCUT2D eigenvalue weighted by molar-refractivity contribution is 5.89. The van der Waals surface area contributed by atoms with Gasteiger partial charge in [-0.05, 0) is 32.9 Å². The second-order valence-corrected chi connectivity index (χ2v) is 8.03. The van der Waals surface area contributed by atoms with Gasteiger partial charge in [-0.25, -0.2) is 0 Å². The molecule has 1 saturated carbocycles. The molecule has 6 heteroatoms. The number of piperazine rings is 1. The van der Waals surface area contributed by atoms with E-state index < -0.39 is 0 Å². The molecule has 0 radical (unpaired) electrons. The molecular formula is C19H34N4O2. The fourth-order valence-electron chi connectivity index (χ4n) is 4.38. The van der Waals surface area contributed by atoms with Crippen molar-refractivity contribution >= 4 is 11.8 Å². The minimum Gasteiger partial charge on any atom is -0.356 e. The van der Waals surface area contributed by atoms with Crippen molar-refractivity contribution in [1.82, 2.24) is 20.0 Å². The lowest BCUT2D eigenvalue weighted by Gasteiger charge is -2.32. The molecule has 3 rings (SSSR count). The number of likely N-dealkylation sites (tertiary alicyclic amines) is 1. The molecule has 25 heavy (non-hydrogen) atoms. The topological polar surface area (TPSA) is 55.9 Å². The molecule has 3 fully saturated rings. The highest BCUT2D eigenvalue weighted by Gasteiger charge is 2.37. The van der Waals surface area contributed by atoms with E-state index in [-0.39, 0.29) is 17.7 Å². The van der Waals surface area contributed by atoms with Crippen LogP contribution in [0.15, 0.2) is 0 Å². The first-order valence-corrected chi connectivity index (χ1v) is 10.1. The van der Waals surface area contributed by atoms with Crippen molar-refractivity contribution < 1.29 is 9.59 Å². The third kappa shape index (κ3) is 5.17. The molecule has 142 valence electrons. The monoisotopic (exact) mass is 350 g/mol. The molecule has 1 atom stereocenters. The smallest absolute Gasteiger partial charge is 0.225 e. The van der Waals surface area contributed by atoms with Crippen molar-refractivity contribution in [2.45, 2.75) is 51.0 Å². The summed E-state index contributed by atoms with van der Waals surface area (Å²) in [6.07, 6.45) is 7.35.